The Bertz CT molecular complexity index is 1610. The number of aromatic nitrogens is 1. The first kappa shape index (κ1) is 34.8. The number of carboxylic acids is 1. The zero-order chi connectivity index (χ0) is 33.9. The Morgan fingerprint density at radius 3 is 2.65 bits per heavy atom. The van der Waals surface area contributed by atoms with Crippen molar-refractivity contribution in [2.75, 3.05) is 32.2 Å². The van der Waals surface area contributed by atoms with Crippen molar-refractivity contribution in [2.24, 2.45) is 11.8 Å². The number of hydrogen-bond acceptors (Lipinski definition) is 6. The van der Waals surface area contributed by atoms with Crippen molar-refractivity contribution in [3.8, 4) is 11.5 Å². The van der Waals surface area contributed by atoms with E-state index in [1.54, 1.807) is 19.2 Å². The average Bonchev–Trinajstić information content (AvgIpc) is 3.33. The van der Waals surface area contributed by atoms with Crippen LogP contribution < -0.4 is 14.8 Å². The van der Waals surface area contributed by atoms with E-state index in [1.165, 1.54) is 28.8 Å². The van der Waals surface area contributed by atoms with E-state index in [-0.39, 0.29) is 5.41 Å². The molecule has 0 unspecified atom stereocenters. The van der Waals surface area contributed by atoms with Gasteiger partial charge in [-0.05, 0) is 128 Å². The van der Waals surface area contributed by atoms with Crippen LogP contribution in [-0.2, 0) is 27.8 Å². The van der Waals surface area contributed by atoms with Gasteiger partial charge >= 0.3 is 5.97 Å². The maximum Gasteiger partial charge on any atom is 0.329 e. The van der Waals surface area contributed by atoms with Crippen LogP contribution in [0.15, 0.2) is 48.7 Å². The first-order chi connectivity index (χ1) is 23.1. The fourth-order valence-corrected chi connectivity index (χ4v) is 9.03. The van der Waals surface area contributed by atoms with Crippen LogP contribution in [0.2, 0.25) is 10.0 Å². The summed E-state index contributed by atoms with van der Waals surface area (Å²) in [4.78, 5) is 17.6. The van der Waals surface area contributed by atoms with Crippen molar-refractivity contribution in [1.29, 1.82) is 0 Å². The molecule has 258 valence electrons. The summed E-state index contributed by atoms with van der Waals surface area (Å²) in [5.41, 5.74) is 4.39. The van der Waals surface area contributed by atoms with Gasteiger partial charge in [0.05, 0.1) is 18.2 Å². The van der Waals surface area contributed by atoms with E-state index in [2.05, 4.69) is 36.3 Å². The Kier molecular flexibility index (Phi) is 10.8. The van der Waals surface area contributed by atoms with Gasteiger partial charge in [-0.25, -0.2) is 4.79 Å². The normalized spacial score (nSPS) is 25.3. The molecule has 3 atom stereocenters. The number of ether oxygens (including phenoxy) is 3. The quantitative estimate of drug-likeness (QED) is 0.172. The fourth-order valence-electron chi connectivity index (χ4n) is 8.60. The van der Waals surface area contributed by atoms with Gasteiger partial charge < -0.3 is 24.6 Å². The molecule has 0 bridgehead atoms. The first-order valence-corrected chi connectivity index (χ1v) is 18.2. The fraction of sp³-hybridized carbons (Fsp3) is 0.538. The molecule has 2 N–H and O–H groups in total. The molecule has 3 aliphatic carbocycles. The minimum Gasteiger partial charge on any atom is -0.493 e. The van der Waals surface area contributed by atoms with Crippen LogP contribution in [0, 0.1) is 11.8 Å². The van der Waals surface area contributed by atoms with Gasteiger partial charge in [0.1, 0.15) is 17.0 Å². The van der Waals surface area contributed by atoms with E-state index in [4.69, 9.17) is 37.4 Å². The van der Waals surface area contributed by atoms with Crippen molar-refractivity contribution < 1.29 is 24.1 Å². The molecule has 3 aromatic rings. The van der Waals surface area contributed by atoms with Crippen LogP contribution in [0.4, 0.5) is 5.69 Å². The van der Waals surface area contributed by atoms with E-state index >= 15 is 0 Å². The highest BCUT2D eigenvalue weighted by atomic mass is 35.5. The number of fused-ring (bicyclic) bond motifs is 3. The lowest BCUT2D eigenvalue weighted by Gasteiger charge is -2.47. The van der Waals surface area contributed by atoms with Gasteiger partial charge in [-0.1, -0.05) is 43.1 Å². The molecule has 9 heteroatoms. The Labute approximate surface area is 294 Å². The zero-order valence-electron chi connectivity index (χ0n) is 28.3. The van der Waals surface area contributed by atoms with Crippen LogP contribution in [0.5, 0.6) is 11.5 Å². The summed E-state index contributed by atoms with van der Waals surface area (Å²) in [6.07, 6.45) is 10.3. The molecule has 0 amide bonds. The molecule has 0 radical (unpaired) electrons. The number of benzene rings is 2. The number of methoxy groups -OCH3 is 1. The summed E-state index contributed by atoms with van der Waals surface area (Å²) in [6, 6.07) is 13.6. The van der Waals surface area contributed by atoms with Crippen molar-refractivity contribution in [3.05, 3.63) is 81.1 Å². The first-order valence-electron chi connectivity index (χ1n) is 17.5. The Balaban J connectivity index is 1.25. The number of carbonyl (C=O) groups is 1. The van der Waals surface area contributed by atoms with Gasteiger partial charge in [0.2, 0.25) is 0 Å². The minimum atomic E-state index is -1.08. The SMILES string of the molecule is COCCCOc1cc2c(cc1Cl)C[C@H](C[C@@H](C)COc1ccnc3c1[C@H](C)CCC3)C21CCC(Nc2cccc(Cl)c2)(C(=O)O)CC1. The molecule has 1 fully saturated rings. The maximum atomic E-state index is 12.9. The Morgan fingerprint density at radius 2 is 1.90 bits per heavy atom. The highest BCUT2D eigenvalue weighted by Crippen LogP contribution is 2.57. The molecule has 0 saturated heterocycles. The second kappa shape index (κ2) is 14.9. The summed E-state index contributed by atoms with van der Waals surface area (Å²) in [5, 5.41) is 15.2. The topological polar surface area (TPSA) is 89.9 Å². The number of aryl methyl sites for hydroxylation is 1. The number of pyridine rings is 1. The highest BCUT2D eigenvalue weighted by molar-refractivity contribution is 6.32. The summed E-state index contributed by atoms with van der Waals surface area (Å²) >= 11 is 13.1. The van der Waals surface area contributed by atoms with Crippen LogP contribution in [0.25, 0.3) is 0 Å². The molecule has 48 heavy (non-hydrogen) atoms. The second-order valence-corrected chi connectivity index (χ2v) is 15.2. The molecule has 1 aromatic heterocycles. The summed E-state index contributed by atoms with van der Waals surface area (Å²) < 4.78 is 17.9. The molecule has 6 rings (SSSR count). The number of rotatable bonds is 13. The van der Waals surface area contributed by atoms with E-state index in [0.29, 0.717) is 66.2 Å². The summed E-state index contributed by atoms with van der Waals surface area (Å²) in [6.45, 7) is 6.30. The van der Waals surface area contributed by atoms with Gasteiger partial charge in [0, 0.05) is 48.3 Å². The smallest absolute Gasteiger partial charge is 0.329 e. The molecule has 1 saturated carbocycles. The number of hydrogen-bond donors (Lipinski definition) is 2. The number of halogens is 2. The summed E-state index contributed by atoms with van der Waals surface area (Å²) in [7, 11) is 1.69. The van der Waals surface area contributed by atoms with Crippen molar-refractivity contribution in [2.45, 2.75) is 94.9 Å². The number of carboxylic acid groups (broad SMARTS) is 1. The third-order valence-corrected chi connectivity index (χ3v) is 11.6. The highest BCUT2D eigenvalue weighted by Gasteiger charge is 2.54. The van der Waals surface area contributed by atoms with Gasteiger partial charge in [0.15, 0.2) is 0 Å². The van der Waals surface area contributed by atoms with Gasteiger partial charge in [-0.2, -0.15) is 0 Å². The Hall–Kier alpha value is -3.00. The number of nitrogens with one attached hydrogen (secondary N) is 1. The summed E-state index contributed by atoms with van der Waals surface area (Å²) in [5.74, 6) is 1.89. The predicted molar refractivity (Wildman–Crippen MR) is 191 cm³/mol. The van der Waals surface area contributed by atoms with E-state index < -0.39 is 11.5 Å². The molecule has 1 heterocycles. The number of aliphatic carboxylic acids is 1. The molecular weight excluding hydrogens is 647 g/mol. The van der Waals surface area contributed by atoms with Crippen molar-refractivity contribution >= 4 is 34.9 Å². The molecule has 2 aromatic carbocycles. The molecule has 7 nitrogen and oxygen atoms in total. The van der Waals surface area contributed by atoms with Gasteiger partial charge in [0.25, 0.3) is 0 Å². The number of anilines is 1. The molecular formula is C39H48Cl2N2O5. The van der Waals surface area contributed by atoms with Crippen LogP contribution >= 0.6 is 23.2 Å². The monoisotopic (exact) mass is 694 g/mol. The van der Waals surface area contributed by atoms with Crippen LogP contribution in [-0.4, -0.2) is 48.5 Å². The molecule has 3 aliphatic rings. The van der Waals surface area contributed by atoms with Gasteiger partial charge in [-0.15, -0.1) is 0 Å². The van der Waals surface area contributed by atoms with E-state index in [1.807, 2.05) is 24.4 Å². The maximum absolute atomic E-state index is 12.9. The van der Waals surface area contributed by atoms with E-state index in [9.17, 15) is 9.90 Å². The lowest BCUT2D eigenvalue weighted by molar-refractivity contribution is -0.144. The standard InChI is InChI=1S/C39H48Cl2N2O5/c1-25(24-48-34-11-16-42-33-10-4-7-26(2)36(33)34)19-28-20-27-21-32(41)35(47-18-6-17-46-3)23-31(27)38(28)12-14-39(15-13-38,37(44)45)43-30-9-5-8-29(40)22-30/h5,8-9,11,16,21-23,25-26,28,43H,4,6-7,10,12-15,17-20,24H2,1-3H3,(H,44,45)/t25-,26-,28+,38?,39?/m1/s1. The molecule has 0 aliphatic heterocycles. The van der Waals surface area contributed by atoms with Crippen molar-refractivity contribution in [3.63, 3.8) is 0 Å². The van der Waals surface area contributed by atoms with Crippen LogP contribution in [0.1, 0.15) is 93.5 Å². The average molecular weight is 696 g/mol. The largest absolute Gasteiger partial charge is 0.493 e. The number of nitrogens with zero attached hydrogens (tertiary/aromatic N) is 1. The molecule has 1 spiro atoms. The van der Waals surface area contributed by atoms with E-state index in [0.717, 1.165) is 56.4 Å². The predicted octanol–water partition coefficient (Wildman–Crippen LogP) is 9.27. The zero-order valence-corrected chi connectivity index (χ0v) is 29.8. The van der Waals surface area contributed by atoms with Crippen molar-refractivity contribution in [1.82, 2.24) is 4.98 Å². The van der Waals surface area contributed by atoms with Gasteiger partial charge in [-0.3, -0.25) is 4.98 Å². The minimum absolute atomic E-state index is 0.196. The van der Waals surface area contributed by atoms with Crippen LogP contribution in [0.3, 0.4) is 0 Å². The Morgan fingerprint density at radius 1 is 1.08 bits per heavy atom. The second-order valence-electron chi connectivity index (χ2n) is 14.3. The third-order valence-electron chi connectivity index (χ3n) is 11.1. The lowest BCUT2D eigenvalue weighted by atomic mass is 9.59. The third kappa shape index (κ3) is 7.15. The lowest BCUT2D eigenvalue weighted by Crippen LogP contribution is -2.53.